The SMILES string of the molecule is O=C(N[C@@H]1CN(Cc2cc(F)ccc2F)C[C@H]1CO)c1cccnc1. The highest BCUT2D eigenvalue weighted by Crippen LogP contribution is 2.21. The summed E-state index contributed by atoms with van der Waals surface area (Å²) in [5.41, 5.74) is 0.699. The van der Waals surface area contributed by atoms with Crippen LogP contribution in [0.4, 0.5) is 8.78 Å². The second-order valence-electron chi connectivity index (χ2n) is 6.19. The number of hydrogen-bond donors (Lipinski definition) is 2. The van der Waals surface area contributed by atoms with Crippen LogP contribution >= 0.6 is 0 Å². The maximum absolute atomic E-state index is 13.8. The number of nitrogens with zero attached hydrogens (tertiary/aromatic N) is 2. The maximum Gasteiger partial charge on any atom is 0.253 e. The van der Waals surface area contributed by atoms with Gasteiger partial charge in [0.05, 0.1) is 5.56 Å². The number of halogens is 2. The molecule has 2 N–H and O–H groups in total. The fourth-order valence-electron chi connectivity index (χ4n) is 3.09. The van der Waals surface area contributed by atoms with Crippen LogP contribution < -0.4 is 5.32 Å². The molecule has 0 aliphatic carbocycles. The van der Waals surface area contributed by atoms with E-state index in [4.69, 9.17) is 0 Å². The third-order valence-electron chi connectivity index (χ3n) is 4.39. The number of hydrogen-bond acceptors (Lipinski definition) is 4. The lowest BCUT2D eigenvalue weighted by Crippen LogP contribution is -2.41. The lowest BCUT2D eigenvalue weighted by Gasteiger charge is -2.18. The zero-order valence-corrected chi connectivity index (χ0v) is 13.5. The lowest BCUT2D eigenvalue weighted by molar-refractivity contribution is 0.0920. The van der Waals surface area contributed by atoms with Gasteiger partial charge >= 0.3 is 0 Å². The van der Waals surface area contributed by atoms with Crippen molar-refractivity contribution in [3.8, 4) is 0 Å². The minimum atomic E-state index is -0.490. The van der Waals surface area contributed by atoms with Crippen molar-refractivity contribution in [2.75, 3.05) is 19.7 Å². The van der Waals surface area contributed by atoms with Crippen LogP contribution in [0.1, 0.15) is 15.9 Å². The van der Waals surface area contributed by atoms with Crippen LogP contribution in [-0.4, -0.2) is 46.6 Å². The molecule has 2 heterocycles. The summed E-state index contributed by atoms with van der Waals surface area (Å²) in [6.45, 7) is 1.07. The molecule has 0 spiro atoms. The highest BCUT2D eigenvalue weighted by Gasteiger charge is 2.33. The van der Waals surface area contributed by atoms with Gasteiger partial charge in [-0.05, 0) is 30.3 Å². The van der Waals surface area contributed by atoms with Crippen LogP contribution in [0.5, 0.6) is 0 Å². The van der Waals surface area contributed by atoms with Crippen molar-refractivity contribution in [1.82, 2.24) is 15.2 Å². The van der Waals surface area contributed by atoms with Gasteiger partial charge in [-0.3, -0.25) is 14.7 Å². The van der Waals surface area contributed by atoms with Gasteiger partial charge < -0.3 is 10.4 Å². The number of rotatable bonds is 5. The normalized spacial score (nSPS) is 20.6. The quantitative estimate of drug-likeness (QED) is 0.862. The Morgan fingerprint density at radius 3 is 2.88 bits per heavy atom. The molecule has 0 unspecified atom stereocenters. The molecule has 1 aliphatic heterocycles. The zero-order valence-electron chi connectivity index (χ0n) is 13.5. The smallest absolute Gasteiger partial charge is 0.253 e. The molecule has 7 heteroatoms. The summed E-state index contributed by atoms with van der Waals surface area (Å²) in [6.07, 6.45) is 3.05. The minimum absolute atomic E-state index is 0.0971. The molecule has 3 rings (SSSR count). The van der Waals surface area contributed by atoms with E-state index in [0.717, 1.165) is 12.1 Å². The van der Waals surface area contributed by atoms with Gasteiger partial charge in [-0.1, -0.05) is 0 Å². The predicted octanol–water partition coefficient (Wildman–Crippen LogP) is 1.58. The van der Waals surface area contributed by atoms with E-state index < -0.39 is 11.6 Å². The summed E-state index contributed by atoms with van der Waals surface area (Å²) in [5.74, 6) is -1.40. The van der Waals surface area contributed by atoms with Gasteiger partial charge in [-0.25, -0.2) is 8.78 Å². The Hall–Kier alpha value is -2.38. The van der Waals surface area contributed by atoms with Crippen molar-refractivity contribution < 1.29 is 18.7 Å². The Morgan fingerprint density at radius 1 is 1.32 bits per heavy atom. The first-order chi connectivity index (χ1) is 12.1. The second-order valence-corrected chi connectivity index (χ2v) is 6.19. The molecule has 0 bridgehead atoms. The number of amides is 1. The van der Waals surface area contributed by atoms with E-state index in [9.17, 15) is 18.7 Å². The molecule has 0 radical (unpaired) electrons. The Balaban J connectivity index is 1.66. The van der Waals surface area contributed by atoms with Crippen molar-refractivity contribution in [1.29, 1.82) is 0 Å². The number of aliphatic hydroxyl groups is 1. The van der Waals surface area contributed by atoms with Gasteiger partial charge in [0.2, 0.25) is 0 Å². The Kier molecular flexibility index (Phi) is 5.35. The first-order valence-electron chi connectivity index (χ1n) is 8.05. The summed E-state index contributed by atoms with van der Waals surface area (Å²) in [4.78, 5) is 18.1. The minimum Gasteiger partial charge on any atom is -0.396 e. The Bertz CT molecular complexity index is 742. The lowest BCUT2D eigenvalue weighted by atomic mass is 10.0. The number of likely N-dealkylation sites (tertiary alicyclic amines) is 1. The molecular formula is C18H19F2N3O2. The Labute approximate surface area is 144 Å². The van der Waals surface area contributed by atoms with Crippen LogP contribution in [-0.2, 0) is 6.54 Å². The van der Waals surface area contributed by atoms with Gasteiger partial charge in [0, 0.05) is 56.2 Å². The third-order valence-corrected chi connectivity index (χ3v) is 4.39. The molecule has 2 atom stereocenters. The third kappa shape index (κ3) is 4.18. The van der Waals surface area contributed by atoms with Crippen molar-refractivity contribution in [2.24, 2.45) is 5.92 Å². The van der Waals surface area contributed by atoms with Gasteiger partial charge in [0.15, 0.2) is 0 Å². The standard InChI is InChI=1S/C18H19F2N3O2/c19-15-3-4-16(20)13(6-15)8-23-9-14(11-24)17(10-23)22-18(25)12-2-1-5-21-7-12/h1-7,14,17,24H,8-11H2,(H,22,25)/t14-,17+/m0/s1. The highest BCUT2D eigenvalue weighted by molar-refractivity contribution is 5.94. The van der Waals surface area contributed by atoms with Crippen LogP contribution in [0, 0.1) is 17.6 Å². The molecule has 25 heavy (non-hydrogen) atoms. The van der Waals surface area contributed by atoms with Gasteiger partial charge in [-0.2, -0.15) is 0 Å². The first-order valence-corrected chi connectivity index (χ1v) is 8.05. The number of aliphatic hydroxyl groups excluding tert-OH is 1. The number of benzene rings is 1. The van der Waals surface area contributed by atoms with E-state index >= 15 is 0 Å². The molecule has 132 valence electrons. The van der Waals surface area contributed by atoms with E-state index in [1.807, 2.05) is 4.90 Å². The molecule has 1 aliphatic rings. The molecule has 5 nitrogen and oxygen atoms in total. The van der Waals surface area contributed by atoms with Crippen LogP contribution in [0.3, 0.4) is 0 Å². The average molecular weight is 347 g/mol. The Morgan fingerprint density at radius 2 is 2.16 bits per heavy atom. The first kappa shape index (κ1) is 17.4. The van der Waals surface area contributed by atoms with Crippen molar-refractivity contribution in [3.05, 3.63) is 65.5 Å². The van der Waals surface area contributed by atoms with Crippen LogP contribution in [0.2, 0.25) is 0 Å². The van der Waals surface area contributed by atoms with E-state index in [-0.39, 0.29) is 36.6 Å². The highest BCUT2D eigenvalue weighted by atomic mass is 19.1. The second kappa shape index (κ2) is 7.67. The summed E-state index contributed by atoms with van der Waals surface area (Å²) < 4.78 is 27.1. The average Bonchev–Trinajstić information content (AvgIpc) is 3.00. The number of nitrogens with one attached hydrogen (secondary N) is 1. The molecule has 0 saturated carbocycles. The van der Waals surface area contributed by atoms with E-state index in [1.54, 1.807) is 18.3 Å². The summed E-state index contributed by atoms with van der Waals surface area (Å²) in [6, 6.07) is 6.42. The molecule has 1 amide bonds. The fraction of sp³-hybridized carbons (Fsp3) is 0.333. The van der Waals surface area contributed by atoms with Crippen molar-refractivity contribution in [2.45, 2.75) is 12.6 Å². The largest absolute Gasteiger partial charge is 0.396 e. The molecule has 1 aromatic carbocycles. The van der Waals surface area contributed by atoms with Gasteiger partial charge in [0.25, 0.3) is 5.91 Å². The number of pyridine rings is 1. The fourth-order valence-corrected chi connectivity index (χ4v) is 3.09. The van der Waals surface area contributed by atoms with Gasteiger partial charge in [0.1, 0.15) is 11.6 Å². The monoisotopic (exact) mass is 347 g/mol. The van der Waals surface area contributed by atoms with Crippen molar-refractivity contribution >= 4 is 5.91 Å². The number of aromatic nitrogens is 1. The van der Waals surface area contributed by atoms with E-state index in [0.29, 0.717) is 18.7 Å². The summed E-state index contributed by atoms with van der Waals surface area (Å²) in [7, 11) is 0. The zero-order chi connectivity index (χ0) is 17.8. The van der Waals surface area contributed by atoms with Crippen LogP contribution in [0.15, 0.2) is 42.7 Å². The van der Waals surface area contributed by atoms with Crippen molar-refractivity contribution in [3.63, 3.8) is 0 Å². The predicted molar refractivity (Wildman–Crippen MR) is 87.7 cm³/mol. The van der Waals surface area contributed by atoms with Crippen LogP contribution in [0.25, 0.3) is 0 Å². The molecular weight excluding hydrogens is 328 g/mol. The topological polar surface area (TPSA) is 65.5 Å². The van der Waals surface area contributed by atoms with E-state index in [2.05, 4.69) is 10.3 Å². The summed E-state index contributed by atoms with van der Waals surface area (Å²) in [5, 5.41) is 12.5. The molecule has 2 aromatic rings. The number of carbonyl (C=O) groups is 1. The molecule has 1 saturated heterocycles. The van der Waals surface area contributed by atoms with Gasteiger partial charge in [-0.15, -0.1) is 0 Å². The molecule has 1 aromatic heterocycles. The maximum atomic E-state index is 13.8. The van der Waals surface area contributed by atoms with E-state index in [1.165, 1.54) is 12.3 Å². The summed E-state index contributed by atoms with van der Waals surface area (Å²) >= 11 is 0. The molecule has 1 fully saturated rings. The number of carbonyl (C=O) groups excluding carboxylic acids is 1.